The third kappa shape index (κ3) is 7.18. The third-order valence-electron chi connectivity index (χ3n) is 11.1. The Hall–Kier alpha value is -8.42. The van der Waals surface area contributed by atoms with Gasteiger partial charge in [0.05, 0.1) is 11.2 Å². The van der Waals surface area contributed by atoms with Crippen molar-refractivity contribution in [2.45, 2.75) is 6.54 Å². The van der Waals surface area contributed by atoms with E-state index < -0.39 is 0 Å². The summed E-state index contributed by atoms with van der Waals surface area (Å²) < 4.78 is 2.01. The van der Waals surface area contributed by atoms with E-state index in [-0.39, 0.29) is 0 Å². The molecular weight excluding hydrogens is 759 g/mol. The molecule has 0 unspecified atom stereocenters. The number of nitrogens with zero attached hydrogens (tertiary/aromatic N) is 7. The normalized spacial score (nSPS) is 11.3. The molecule has 11 aromatic rings. The zero-order valence-corrected chi connectivity index (χ0v) is 33.5. The van der Waals surface area contributed by atoms with Gasteiger partial charge in [0.25, 0.3) is 0 Å². The van der Waals surface area contributed by atoms with Crippen LogP contribution in [0.2, 0.25) is 0 Å². The van der Waals surface area contributed by atoms with Crippen LogP contribution in [0.5, 0.6) is 0 Å². The first-order chi connectivity index (χ1) is 30.7. The fraction of sp³-hybridized carbons (Fsp3) is 0.0182. The van der Waals surface area contributed by atoms with Crippen LogP contribution in [0.3, 0.4) is 0 Å². The number of aromatic nitrogens is 7. The molecule has 0 radical (unpaired) electrons. The van der Waals surface area contributed by atoms with Gasteiger partial charge in [0.15, 0.2) is 17.5 Å². The molecule has 0 fully saturated rings. The minimum Gasteiger partial charge on any atom is -0.397 e. The standard InChI is InChI=1S/C55H37N7/c1-6-19-39(20-7-1)49-35-47(50-46-29-17-16-18-38(46)30-31-48(50)56-49)44-32-37(36-62-55(43-27-14-5-15-28-43)60-54(61-62)42-25-12-4-13-26-42)33-45(34-44)53-58-51(40-21-8-2-9-22-40)57-52(59-53)41-23-10-3-11-24-41/h1-35H,36H2. The summed E-state index contributed by atoms with van der Waals surface area (Å²) in [7, 11) is 0. The molecule has 0 aliphatic heterocycles. The topological polar surface area (TPSA) is 82.4 Å². The molecule has 0 amide bonds. The van der Waals surface area contributed by atoms with E-state index in [1.807, 2.05) is 120 Å². The molecule has 0 saturated carbocycles. The Morgan fingerprint density at radius 3 is 1.53 bits per heavy atom. The van der Waals surface area contributed by atoms with Gasteiger partial charge in [0.1, 0.15) is 12.4 Å². The number of hydrogen-bond donors (Lipinski definition) is 0. The summed E-state index contributed by atoms with van der Waals surface area (Å²) in [4.78, 5) is 25.8. The summed E-state index contributed by atoms with van der Waals surface area (Å²) in [5.74, 6) is 3.21. The van der Waals surface area contributed by atoms with Crippen LogP contribution in [0, 0.1) is 0 Å². The maximum Gasteiger partial charge on any atom is 0.164 e. The van der Waals surface area contributed by atoms with E-state index in [0.717, 1.165) is 83.3 Å². The van der Waals surface area contributed by atoms with Crippen molar-refractivity contribution in [1.82, 2.24) is 30.0 Å². The van der Waals surface area contributed by atoms with Crippen LogP contribution < -0.4 is 9.78 Å². The highest BCUT2D eigenvalue weighted by atomic mass is 15.3. The molecule has 3 aromatic heterocycles. The van der Waals surface area contributed by atoms with E-state index in [9.17, 15) is 0 Å². The molecule has 62 heavy (non-hydrogen) atoms. The zero-order valence-electron chi connectivity index (χ0n) is 33.5. The van der Waals surface area contributed by atoms with Gasteiger partial charge in [-0.25, -0.2) is 19.9 Å². The monoisotopic (exact) mass is 795 g/mol. The Morgan fingerprint density at radius 2 is 0.903 bits per heavy atom. The lowest BCUT2D eigenvalue weighted by molar-refractivity contribution is -0.737. The van der Waals surface area contributed by atoms with Crippen molar-refractivity contribution in [3.8, 4) is 79.3 Å². The summed E-state index contributed by atoms with van der Waals surface area (Å²) in [5.41, 5.74) is 10.5. The van der Waals surface area contributed by atoms with Crippen molar-refractivity contribution in [2.24, 2.45) is 0 Å². The Kier molecular flexibility index (Phi) is 9.44. The van der Waals surface area contributed by atoms with Gasteiger partial charge in [0.2, 0.25) is 0 Å². The van der Waals surface area contributed by atoms with Crippen LogP contribution in [-0.4, -0.2) is 24.9 Å². The van der Waals surface area contributed by atoms with Crippen molar-refractivity contribution in [1.29, 1.82) is 0 Å². The highest BCUT2D eigenvalue weighted by Gasteiger charge is 2.19. The Morgan fingerprint density at radius 1 is 0.387 bits per heavy atom. The van der Waals surface area contributed by atoms with Crippen LogP contribution in [0.25, 0.3) is 101 Å². The summed E-state index contributed by atoms with van der Waals surface area (Å²) in [6, 6.07) is 72.7. The van der Waals surface area contributed by atoms with E-state index in [0.29, 0.717) is 29.8 Å². The van der Waals surface area contributed by atoms with Crippen molar-refractivity contribution in [2.75, 3.05) is 0 Å². The van der Waals surface area contributed by atoms with Gasteiger partial charge in [-0.05, 0) is 69.2 Å². The van der Waals surface area contributed by atoms with Gasteiger partial charge in [-0.15, -0.1) is 0 Å². The molecule has 0 aliphatic carbocycles. The van der Waals surface area contributed by atoms with Crippen molar-refractivity contribution < 1.29 is 4.68 Å². The fourth-order valence-electron chi connectivity index (χ4n) is 8.13. The van der Waals surface area contributed by atoms with Crippen LogP contribution in [0.1, 0.15) is 5.56 Å². The highest BCUT2D eigenvalue weighted by molar-refractivity contribution is 6.14. The fourth-order valence-corrected chi connectivity index (χ4v) is 8.13. The van der Waals surface area contributed by atoms with Crippen LogP contribution in [-0.2, 0) is 6.54 Å². The van der Waals surface area contributed by atoms with E-state index in [4.69, 9.17) is 30.0 Å². The summed E-state index contributed by atoms with van der Waals surface area (Å²) in [6.45, 7) is 0.433. The number of fused-ring (bicyclic) bond motifs is 3. The molecular formula is C55H37N7. The molecule has 0 spiro atoms. The molecule has 0 N–H and O–H groups in total. The van der Waals surface area contributed by atoms with E-state index in [1.54, 1.807) is 0 Å². The maximum atomic E-state index is 5.26. The summed E-state index contributed by atoms with van der Waals surface area (Å²) in [5, 5.41) is 8.52. The van der Waals surface area contributed by atoms with Gasteiger partial charge in [-0.1, -0.05) is 182 Å². The number of benzene rings is 8. The summed E-state index contributed by atoms with van der Waals surface area (Å²) >= 11 is 0. The minimum absolute atomic E-state index is 0.433. The molecule has 0 bridgehead atoms. The predicted octanol–water partition coefficient (Wildman–Crippen LogP) is 11.9. The van der Waals surface area contributed by atoms with Gasteiger partial charge in [-0.3, -0.25) is 9.78 Å². The lowest BCUT2D eigenvalue weighted by atomic mass is 9.92. The van der Waals surface area contributed by atoms with Crippen LogP contribution in [0.15, 0.2) is 212 Å². The van der Waals surface area contributed by atoms with Crippen molar-refractivity contribution in [3.63, 3.8) is 0 Å². The number of pyridine rings is 1. The second-order valence-electron chi connectivity index (χ2n) is 15.2. The quantitative estimate of drug-likeness (QED) is 0.107. The molecule has 0 saturated heterocycles. The van der Waals surface area contributed by atoms with E-state index in [1.165, 1.54) is 0 Å². The van der Waals surface area contributed by atoms with Crippen molar-refractivity contribution >= 4 is 21.7 Å². The Bertz CT molecular complexity index is 3300. The predicted molar refractivity (Wildman–Crippen MR) is 248 cm³/mol. The minimum atomic E-state index is 0.433. The smallest absolute Gasteiger partial charge is 0.164 e. The Balaban J connectivity index is 1.18. The molecule has 11 rings (SSSR count). The van der Waals surface area contributed by atoms with E-state index in [2.05, 4.69) is 97.1 Å². The second kappa shape index (κ2) is 16.0. The second-order valence-corrected chi connectivity index (χ2v) is 15.2. The Labute approximate surface area is 358 Å². The molecule has 8 aromatic carbocycles. The first-order valence-corrected chi connectivity index (χ1v) is 20.7. The molecule has 7 nitrogen and oxygen atoms in total. The lowest BCUT2D eigenvalue weighted by Crippen LogP contribution is -2.40. The molecule has 7 heteroatoms. The number of hydrogen-bond acceptors (Lipinski definition) is 5. The first kappa shape index (κ1) is 36.6. The van der Waals surface area contributed by atoms with Gasteiger partial charge < -0.3 is 4.98 Å². The van der Waals surface area contributed by atoms with E-state index >= 15 is 0 Å². The summed E-state index contributed by atoms with van der Waals surface area (Å²) in [6.07, 6.45) is 0. The average molecular weight is 796 g/mol. The first-order valence-electron chi connectivity index (χ1n) is 20.7. The lowest BCUT2D eigenvalue weighted by Gasteiger charge is -2.16. The SMILES string of the molecule is c1ccc(-c2cc(-c3cc(C[n+]4[n-]c(-c5ccccc5)nc4-c4ccccc4)cc(-c4nc(-c5ccccc5)nc(-c5ccccc5)n4)c3)c3c(ccc4ccccc43)n2)cc1. The van der Waals surface area contributed by atoms with Gasteiger partial charge in [0, 0.05) is 33.2 Å². The third-order valence-corrected chi connectivity index (χ3v) is 11.1. The zero-order chi connectivity index (χ0) is 41.2. The molecule has 0 aliphatic rings. The average Bonchev–Trinajstić information content (AvgIpc) is 3.78. The van der Waals surface area contributed by atoms with Crippen LogP contribution >= 0.6 is 0 Å². The molecule has 3 heterocycles. The van der Waals surface area contributed by atoms with Gasteiger partial charge >= 0.3 is 0 Å². The largest absolute Gasteiger partial charge is 0.397 e. The van der Waals surface area contributed by atoms with Crippen molar-refractivity contribution in [3.05, 3.63) is 218 Å². The molecule has 0 atom stereocenters. The maximum absolute atomic E-state index is 5.26. The molecule has 292 valence electrons. The van der Waals surface area contributed by atoms with Gasteiger partial charge in [-0.2, -0.15) is 0 Å². The van der Waals surface area contributed by atoms with Crippen LogP contribution in [0.4, 0.5) is 0 Å². The highest BCUT2D eigenvalue weighted by Crippen LogP contribution is 2.39. The number of rotatable bonds is 9.